The molecule has 3 nitrogen and oxygen atoms in total. The van der Waals surface area contributed by atoms with Gasteiger partial charge in [-0.15, -0.1) is 0 Å². The molecule has 0 unspecified atom stereocenters. The van der Waals surface area contributed by atoms with Crippen molar-refractivity contribution >= 4 is 62.3 Å². The minimum atomic E-state index is -2.34. The average Bonchev–Trinajstić information content (AvgIpc) is 3.16. The van der Waals surface area contributed by atoms with Gasteiger partial charge >= 0.3 is 0 Å². The first-order valence-corrected chi connectivity index (χ1v) is 9.72. The zero-order valence-electron chi connectivity index (χ0n) is 18.1. The Morgan fingerprint density at radius 3 is 2.48 bits per heavy atom. The topological polar surface area (TPSA) is 29.3 Å². The molecule has 5 aromatic rings. The number of aromatic nitrogens is 1. The number of rotatable bonds is 3. The minimum absolute atomic E-state index is 0.180. The zero-order valence-corrected chi connectivity index (χ0v) is 16.6. The first kappa shape index (κ1) is 14.9. The van der Waals surface area contributed by atoms with Gasteiger partial charge in [-0.3, -0.25) is 0 Å². The first-order chi connectivity index (χ1) is 15.4. The van der Waals surface area contributed by atoms with Gasteiger partial charge in [0.05, 0.1) is 32.2 Å². The molecular formula is C24H16Cl2N2O. The van der Waals surface area contributed by atoms with Gasteiger partial charge in [-0.2, -0.15) is 0 Å². The van der Waals surface area contributed by atoms with Crippen LogP contribution >= 0.6 is 23.2 Å². The molecule has 0 fully saturated rings. The van der Waals surface area contributed by atoms with E-state index in [-0.39, 0.29) is 11.3 Å². The molecule has 3 aromatic carbocycles. The highest BCUT2D eigenvalue weighted by Gasteiger charge is 2.22. The van der Waals surface area contributed by atoms with Crippen molar-refractivity contribution < 1.29 is 8.53 Å². The summed E-state index contributed by atoms with van der Waals surface area (Å²) in [6.07, 6.45) is 1.45. The molecule has 0 aliphatic carbocycles. The van der Waals surface area contributed by atoms with E-state index in [9.17, 15) is 0 Å². The van der Waals surface area contributed by atoms with Gasteiger partial charge in [-0.1, -0.05) is 53.5 Å². The fourth-order valence-corrected chi connectivity index (χ4v) is 3.94. The average molecular weight is 422 g/mol. The number of hydrogen-bond donors (Lipinski definition) is 0. The number of halogens is 2. The smallest absolute Gasteiger partial charge is 0.227 e. The molecule has 0 aliphatic rings. The van der Waals surface area contributed by atoms with Crippen molar-refractivity contribution in [2.75, 3.05) is 4.90 Å². The molecule has 0 saturated heterocycles. The van der Waals surface area contributed by atoms with E-state index in [1.54, 1.807) is 12.1 Å². The van der Waals surface area contributed by atoms with E-state index in [0.717, 1.165) is 5.69 Å². The molecule has 0 bridgehead atoms. The Bertz CT molecular complexity index is 1450. The van der Waals surface area contributed by atoms with E-state index in [0.29, 0.717) is 37.8 Å². The van der Waals surface area contributed by atoms with E-state index in [2.05, 4.69) is 4.98 Å². The Hall–Kier alpha value is -3.01. The molecule has 5 heteroatoms. The molecule has 0 radical (unpaired) electrons. The summed E-state index contributed by atoms with van der Waals surface area (Å²) >= 11 is 13.0. The Morgan fingerprint density at radius 1 is 0.862 bits per heavy atom. The fourth-order valence-electron chi connectivity index (χ4n) is 3.56. The van der Waals surface area contributed by atoms with Gasteiger partial charge in [0, 0.05) is 16.0 Å². The van der Waals surface area contributed by atoms with Crippen LogP contribution in [0, 0.1) is 6.85 Å². The van der Waals surface area contributed by atoms with E-state index >= 15 is 0 Å². The summed E-state index contributed by atoms with van der Waals surface area (Å²) in [5.74, 6) is 0. The van der Waals surface area contributed by atoms with Crippen molar-refractivity contribution in [2.24, 2.45) is 0 Å². The van der Waals surface area contributed by atoms with Crippen LogP contribution in [-0.2, 0) is 0 Å². The Morgan fingerprint density at radius 2 is 1.66 bits per heavy atom. The summed E-state index contributed by atoms with van der Waals surface area (Å²) in [5, 5.41) is 1.90. The van der Waals surface area contributed by atoms with Gasteiger partial charge in [0.1, 0.15) is 5.58 Å². The third kappa shape index (κ3) is 2.94. The molecule has 0 atom stereocenters. The highest BCUT2D eigenvalue weighted by atomic mass is 35.5. The standard InChI is InChI=1S/C24H16Cl2N2O/c1-15-13-14-27-24-21(15)22-18(10-6-12-20(22)29-24)28(16-7-3-2-4-8-16)19-11-5-9-17(25)23(19)26/h2-14H,1H3/i1D3. The third-order valence-corrected chi connectivity index (χ3v) is 5.61. The predicted molar refractivity (Wildman–Crippen MR) is 121 cm³/mol. The molecule has 0 N–H and O–H groups in total. The summed E-state index contributed by atoms with van der Waals surface area (Å²) in [5.41, 5.74) is 3.17. The Kier molecular flexibility index (Phi) is 3.65. The summed E-state index contributed by atoms with van der Waals surface area (Å²) < 4.78 is 30.1. The summed E-state index contributed by atoms with van der Waals surface area (Å²) in [4.78, 5) is 6.23. The van der Waals surface area contributed by atoms with Crippen LogP contribution in [0.15, 0.2) is 83.4 Å². The van der Waals surface area contributed by atoms with Gasteiger partial charge in [0.2, 0.25) is 5.71 Å². The maximum absolute atomic E-state index is 8.05. The maximum Gasteiger partial charge on any atom is 0.227 e. The largest absolute Gasteiger partial charge is 0.438 e. The lowest BCUT2D eigenvalue weighted by atomic mass is 10.1. The fraction of sp³-hybridized carbons (Fsp3) is 0.0417. The van der Waals surface area contributed by atoms with Crippen molar-refractivity contribution in [2.45, 2.75) is 6.85 Å². The summed E-state index contributed by atoms with van der Waals surface area (Å²) in [6.45, 7) is -2.34. The molecule has 0 aliphatic heterocycles. The molecule has 2 heterocycles. The predicted octanol–water partition coefficient (Wildman–Crippen LogP) is 8.07. The summed E-state index contributed by atoms with van der Waals surface area (Å²) in [7, 11) is 0. The Balaban J connectivity index is 1.92. The van der Waals surface area contributed by atoms with Crippen LogP contribution in [0.5, 0.6) is 0 Å². The highest BCUT2D eigenvalue weighted by molar-refractivity contribution is 6.44. The number of furan rings is 1. The Labute approximate surface area is 182 Å². The van der Waals surface area contributed by atoms with E-state index < -0.39 is 6.85 Å². The number of nitrogens with zero attached hydrogens (tertiary/aromatic N) is 2. The lowest BCUT2D eigenvalue weighted by molar-refractivity contribution is 0.654. The lowest BCUT2D eigenvalue weighted by Gasteiger charge is -2.27. The van der Waals surface area contributed by atoms with Crippen LogP contribution in [0.1, 0.15) is 9.68 Å². The minimum Gasteiger partial charge on any atom is -0.438 e. The number of anilines is 3. The summed E-state index contributed by atoms with van der Waals surface area (Å²) in [6, 6.07) is 22.1. The van der Waals surface area contributed by atoms with Crippen LogP contribution in [0.25, 0.3) is 22.1 Å². The lowest BCUT2D eigenvalue weighted by Crippen LogP contribution is -2.11. The molecule has 142 valence electrons. The molecule has 0 spiro atoms. The monoisotopic (exact) mass is 421 g/mol. The van der Waals surface area contributed by atoms with Gasteiger partial charge < -0.3 is 9.32 Å². The number of pyridine rings is 1. The van der Waals surface area contributed by atoms with Crippen LogP contribution in [0.2, 0.25) is 10.0 Å². The van der Waals surface area contributed by atoms with Crippen molar-refractivity contribution in [1.29, 1.82) is 0 Å². The molecule has 2 aromatic heterocycles. The molecule has 5 rings (SSSR count). The highest BCUT2D eigenvalue weighted by Crippen LogP contribution is 2.46. The second-order valence-corrected chi connectivity index (χ2v) is 7.32. The number of fused-ring (bicyclic) bond motifs is 3. The second kappa shape index (κ2) is 7.11. The van der Waals surface area contributed by atoms with Crippen molar-refractivity contribution in [3.8, 4) is 0 Å². The second-order valence-electron chi connectivity index (χ2n) is 6.53. The van der Waals surface area contributed by atoms with Crippen LogP contribution in [-0.4, -0.2) is 4.98 Å². The van der Waals surface area contributed by atoms with Gasteiger partial charge in [0.15, 0.2) is 0 Å². The van der Waals surface area contributed by atoms with Crippen molar-refractivity contribution in [3.63, 3.8) is 0 Å². The van der Waals surface area contributed by atoms with E-state index in [1.807, 2.05) is 59.5 Å². The van der Waals surface area contributed by atoms with Crippen LogP contribution < -0.4 is 4.90 Å². The van der Waals surface area contributed by atoms with Crippen molar-refractivity contribution in [1.82, 2.24) is 4.98 Å². The molecule has 29 heavy (non-hydrogen) atoms. The van der Waals surface area contributed by atoms with Gasteiger partial charge in [0.25, 0.3) is 0 Å². The maximum atomic E-state index is 8.05. The number of aryl methyl sites for hydroxylation is 1. The van der Waals surface area contributed by atoms with Gasteiger partial charge in [-0.05, 0) is 54.9 Å². The number of hydrogen-bond acceptors (Lipinski definition) is 3. The van der Waals surface area contributed by atoms with Crippen LogP contribution in [0.4, 0.5) is 17.1 Å². The SMILES string of the molecule is [2H]C([2H])([2H])c1ccnc2oc3cccc(N(c4ccccc4)c4cccc(Cl)c4Cl)c3c12. The van der Waals surface area contributed by atoms with Crippen molar-refractivity contribution in [3.05, 3.63) is 94.6 Å². The van der Waals surface area contributed by atoms with Gasteiger partial charge in [-0.25, -0.2) is 4.98 Å². The molecule has 0 amide bonds. The zero-order chi connectivity index (χ0) is 22.5. The van der Waals surface area contributed by atoms with Crippen LogP contribution in [0.3, 0.4) is 0 Å². The van der Waals surface area contributed by atoms with E-state index in [1.165, 1.54) is 12.3 Å². The quantitative estimate of drug-likeness (QED) is 0.294. The third-order valence-electron chi connectivity index (χ3n) is 4.80. The number of benzene rings is 3. The van der Waals surface area contributed by atoms with E-state index in [4.69, 9.17) is 31.7 Å². The molecular weight excluding hydrogens is 403 g/mol. The number of para-hydroxylation sites is 1. The normalized spacial score (nSPS) is 13.2. The first-order valence-electron chi connectivity index (χ1n) is 10.5. The molecule has 0 saturated carbocycles.